The molecule has 20 heteroatoms. The van der Waals surface area contributed by atoms with E-state index < -0.39 is 45.4 Å². The van der Waals surface area contributed by atoms with Gasteiger partial charge >= 0.3 is 16.1 Å². The van der Waals surface area contributed by atoms with E-state index in [0.717, 1.165) is 11.2 Å². The van der Waals surface area contributed by atoms with E-state index in [0.29, 0.717) is 10.7 Å². The van der Waals surface area contributed by atoms with Crippen LogP contribution in [0.15, 0.2) is 20.9 Å². The smallest absolute Gasteiger partial charge is 0.352 e. The van der Waals surface area contributed by atoms with Crippen LogP contribution in [0.5, 0.6) is 5.88 Å². The van der Waals surface area contributed by atoms with Gasteiger partial charge in [-0.25, -0.2) is 9.48 Å². The van der Waals surface area contributed by atoms with E-state index >= 15 is 0 Å². The lowest BCUT2D eigenvalue weighted by Gasteiger charge is -2.55. The molecule has 0 radical (unpaired) electrons. The number of carbonyl (C=O) groups is 3. The zero-order chi connectivity index (χ0) is 27.1. The summed E-state index contributed by atoms with van der Waals surface area (Å²) in [4.78, 5) is 39.2. The largest absolute Gasteiger partial charge is 0.477 e. The molecule has 0 saturated carbocycles. The quantitative estimate of drug-likeness (QED) is 0.103. The first-order chi connectivity index (χ1) is 17.4. The molecule has 37 heavy (non-hydrogen) atoms. The van der Waals surface area contributed by atoms with Crippen molar-refractivity contribution in [3.63, 3.8) is 0 Å². The van der Waals surface area contributed by atoms with E-state index in [1.54, 1.807) is 29.6 Å². The second kappa shape index (κ2) is 10.4. The number of thioether (sulfide) groups is 2. The van der Waals surface area contributed by atoms with Crippen LogP contribution in [-0.4, -0.2) is 97.5 Å². The Bertz CT molecular complexity index is 1410. The highest BCUT2D eigenvalue weighted by molar-refractivity contribution is 14.1. The van der Waals surface area contributed by atoms with E-state index in [9.17, 15) is 27.9 Å². The number of rotatable bonds is 10. The van der Waals surface area contributed by atoms with Gasteiger partial charge in [0, 0.05) is 25.7 Å². The molecular weight excluding hydrogens is 669 g/mol. The lowest BCUT2D eigenvalue weighted by atomic mass is 9.98. The number of aryl methyl sites for hydroxylation is 1. The summed E-state index contributed by atoms with van der Waals surface area (Å²) >= 11 is 4.17. The summed E-state index contributed by atoms with van der Waals surface area (Å²) in [5.74, 6) is -2.58. The summed E-state index contributed by atoms with van der Waals surface area (Å²) in [7, 11) is -0.992. The molecule has 0 bridgehead atoms. The van der Waals surface area contributed by atoms with Crippen molar-refractivity contribution in [1.82, 2.24) is 35.6 Å². The van der Waals surface area contributed by atoms with Crippen LogP contribution in [0.4, 0.5) is 0 Å². The molecular formula is C17H18IN7O9S3. The maximum Gasteiger partial charge on any atom is 0.352 e. The Morgan fingerprint density at radius 2 is 2.16 bits per heavy atom. The number of fused-ring (bicyclic) bond motifs is 1. The summed E-state index contributed by atoms with van der Waals surface area (Å²) in [6, 6.07) is 0. The van der Waals surface area contributed by atoms with Crippen molar-refractivity contribution in [2.45, 2.75) is 22.7 Å². The van der Waals surface area contributed by atoms with Gasteiger partial charge in [0.15, 0.2) is 5.76 Å². The molecule has 2 amide bonds. The third kappa shape index (κ3) is 5.28. The number of methoxy groups -OCH3 is 1. The van der Waals surface area contributed by atoms with Crippen LogP contribution in [0.25, 0.3) is 0 Å². The Morgan fingerprint density at radius 3 is 2.76 bits per heavy atom. The Hall–Kier alpha value is -2.43. The second-order valence-corrected chi connectivity index (χ2v) is 12.3. The second-order valence-electron chi connectivity index (χ2n) is 7.65. The minimum Gasteiger partial charge on any atom is -0.477 e. The van der Waals surface area contributed by atoms with Gasteiger partial charge < -0.3 is 23.9 Å². The summed E-state index contributed by atoms with van der Waals surface area (Å²) in [5, 5.41) is 26.6. The van der Waals surface area contributed by atoms with E-state index in [1.807, 2.05) is 0 Å². The molecule has 2 aromatic rings. The van der Waals surface area contributed by atoms with Crippen molar-refractivity contribution in [3.8, 4) is 5.88 Å². The van der Waals surface area contributed by atoms with Crippen LogP contribution >= 0.6 is 46.1 Å². The van der Waals surface area contributed by atoms with Crippen molar-refractivity contribution >= 4 is 74.0 Å². The highest BCUT2D eigenvalue weighted by Gasteiger charge is 2.66. The maximum absolute atomic E-state index is 13.2. The molecule has 0 spiro atoms. The average Bonchev–Trinajstić information content (AvgIpc) is 3.39. The first kappa shape index (κ1) is 27.6. The van der Waals surface area contributed by atoms with Crippen LogP contribution < -0.4 is 9.50 Å². The molecule has 1 saturated heterocycles. The number of aliphatic carboxylic acids is 1. The summed E-state index contributed by atoms with van der Waals surface area (Å²) < 4.78 is 39.4. The van der Waals surface area contributed by atoms with E-state index in [2.05, 4.69) is 26.0 Å². The molecule has 1 fully saturated rings. The van der Waals surface area contributed by atoms with Crippen LogP contribution in [0.1, 0.15) is 5.76 Å². The Labute approximate surface area is 231 Å². The van der Waals surface area contributed by atoms with E-state index in [-0.39, 0.29) is 32.4 Å². The van der Waals surface area contributed by atoms with Crippen LogP contribution in [0.2, 0.25) is 0 Å². The zero-order valence-electron chi connectivity index (χ0n) is 19.2. The number of β-lactam (4-membered cyclic amide) rings is 1. The maximum atomic E-state index is 13.2. The Balaban J connectivity index is 1.50. The molecule has 200 valence electrons. The Kier molecular flexibility index (Phi) is 7.74. The minimum atomic E-state index is -3.86. The topological polar surface area (TPSA) is 209 Å². The molecule has 0 aliphatic carbocycles. The number of ether oxygens (including phenoxy) is 1. The van der Waals surface area contributed by atoms with Gasteiger partial charge in [0.05, 0.1) is 12.7 Å². The van der Waals surface area contributed by atoms with Gasteiger partial charge in [-0.05, 0) is 43.7 Å². The number of nitrogens with one attached hydrogen (secondary N) is 1. The molecule has 2 aliphatic heterocycles. The SMILES string of the molecule is CO[C@@]1(NC(=O)Cc2onc(OS(C)(=O)=O)c2I)C(=O)N2C(C(=O)O)=C(CSc3nnnn3C)CS[C@H]21. The minimum absolute atomic E-state index is 0.00613. The Morgan fingerprint density at radius 1 is 1.43 bits per heavy atom. The molecule has 0 unspecified atom stereocenters. The third-order valence-corrected chi connectivity index (χ3v) is 9.13. The fraction of sp³-hybridized carbons (Fsp3) is 0.471. The van der Waals surface area contributed by atoms with Gasteiger partial charge in [-0.2, -0.15) is 8.42 Å². The number of carboxylic acid groups (broad SMARTS) is 1. The van der Waals surface area contributed by atoms with E-state index in [1.165, 1.54) is 35.3 Å². The monoisotopic (exact) mass is 687 g/mol. The van der Waals surface area contributed by atoms with Gasteiger partial charge in [0.25, 0.3) is 17.5 Å². The van der Waals surface area contributed by atoms with Gasteiger partial charge in [-0.3, -0.25) is 14.5 Å². The summed E-state index contributed by atoms with van der Waals surface area (Å²) in [6.07, 6.45) is 0.419. The van der Waals surface area contributed by atoms with Crippen molar-refractivity contribution in [2.75, 3.05) is 24.9 Å². The predicted molar refractivity (Wildman–Crippen MR) is 134 cm³/mol. The van der Waals surface area contributed by atoms with Gasteiger partial charge in [-0.15, -0.1) is 16.9 Å². The van der Waals surface area contributed by atoms with Crippen molar-refractivity contribution in [2.24, 2.45) is 7.05 Å². The first-order valence-corrected chi connectivity index (χ1v) is 15.0. The van der Waals surface area contributed by atoms with Gasteiger partial charge in [-0.1, -0.05) is 11.8 Å². The lowest BCUT2D eigenvalue weighted by molar-refractivity contribution is -0.192. The number of carboxylic acids is 1. The number of halogens is 1. The third-order valence-electron chi connectivity index (χ3n) is 5.14. The number of nitrogens with zero attached hydrogens (tertiary/aromatic N) is 6. The van der Waals surface area contributed by atoms with Gasteiger partial charge in [0.1, 0.15) is 14.6 Å². The van der Waals surface area contributed by atoms with Crippen molar-refractivity contribution in [1.29, 1.82) is 0 Å². The molecule has 0 aromatic carbocycles. The van der Waals surface area contributed by atoms with E-state index in [4.69, 9.17) is 13.4 Å². The zero-order valence-corrected chi connectivity index (χ0v) is 23.8. The number of hydrogen-bond donors (Lipinski definition) is 2. The first-order valence-electron chi connectivity index (χ1n) is 10.0. The normalized spacial score (nSPS) is 21.5. The van der Waals surface area contributed by atoms with Gasteiger partial charge in [0.2, 0.25) is 11.1 Å². The standard InChI is InChI=1S/C17H18IN7O9S3/c1-24-16(20-22-23-24)36-6-7-5-35-15-17(32-2,14(29)25(15)11(7)13(27)28)19-9(26)4-8-10(18)12(21-33-8)34-37(3,30)31/h15H,4-6H2,1-3H3,(H,19,26)(H,27,28)/t15-,17-/m0/s1. The fourth-order valence-corrected chi connectivity index (χ4v) is 7.02. The fourth-order valence-electron chi connectivity index (χ4n) is 3.55. The number of aromatic nitrogens is 5. The van der Waals surface area contributed by atoms with Crippen LogP contribution in [0.3, 0.4) is 0 Å². The number of amides is 2. The molecule has 16 nitrogen and oxygen atoms in total. The highest BCUT2D eigenvalue weighted by atomic mass is 127. The number of hydrogen-bond acceptors (Lipinski definition) is 14. The molecule has 2 atom stereocenters. The molecule has 2 aromatic heterocycles. The molecule has 2 aliphatic rings. The summed E-state index contributed by atoms with van der Waals surface area (Å²) in [5.41, 5.74) is -1.52. The van der Waals surface area contributed by atoms with Crippen molar-refractivity contribution < 1.29 is 41.4 Å². The van der Waals surface area contributed by atoms with Crippen molar-refractivity contribution in [3.05, 3.63) is 20.6 Å². The predicted octanol–water partition coefficient (Wildman–Crippen LogP) is -0.811. The highest BCUT2D eigenvalue weighted by Crippen LogP contribution is 2.47. The summed E-state index contributed by atoms with van der Waals surface area (Å²) in [6.45, 7) is 0. The molecule has 4 heterocycles. The number of tetrazole rings is 1. The lowest BCUT2D eigenvalue weighted by Crippen LogP contribution is -2.80. The van der Waals surface area contributed by atoms with Crippen LogP contribution in [-0.2, 0) is 42.7 Å². The van der Waals surface area contributed by atoms with Crippen LogP contribution in [0, 0.1) is 3.57 Å². The molecule has 2 N–H and O–H groups in total. The number of carbonyl (C=O) groups excluding carboxylic acids is 2. The molecule has 4 rings (SSSR count). The average molecular weight is 687 g/mol.